The molecule has 0 amide bonds. The van der Waals surface area contributed by atoms with Gasteiger partial charge >= 0.3 is 27.3 Å². The van der Waals surface area contributed by atoms with E-state index in [0.29, 0.717) is 20.7 Å². The molecule has 0 radical (unpaired) electrons. The Morgan fingerprint density at radius 1 is 0.667 bits per heavy atom. The number of hydrogen-bond acceptors (Lipinski definition) is 4. The Balaban J connectivity index is 0.000000364. The van der Waals surface area contributed by atoms with Crippen molar-refractivity contribution in [1.82, 2.24) is 10.6 Å². The summed E-state index contributed by atoms with van der Waals surface area (Å²) in [4.78, 5) is 0. The largest absolute Gasteiger partial charge is 2.00 e. The Bertz CT molecular complexity index is 273. The van der Waals surface area contributed by atoms with Gasteiger partial charge in [-0.1, -0.05) is 47.2 Å². The molecule has 0 atom stereocenters. The minimum atomic E-state index is 0. The van der Waals surface area contributed by atoms with Crippen molar-refractivity contribution in [3.8, 4) is 0 Å². The zero-order valence-corrected chi connectivity index (χ0v) is 19.9. The van der Waals surface area contributed by atoms with Crippen molar-refractivity contribution < 1.29 is 27.3 Å². The molecule has 21 heavy (non-hydrogen) atoms. The van der Waals surface area contributed by atoms with Crippen molar-refractivity contribution in [3.05, 3.63) is 0 Å². The van der Waals surface area contributed by atoms with E-state index in [0.717, 1.165) is 0 Å². The third kappa shape index (κ3) is 12.3. The molecule has 2 fully saturated rings. The van der Waals surface area contributed by atoms with Crippen molar-refractivity contribution >= 4 is 58.3 Å². The van der Waals surface area contributed by atoms with Gasteiger partial charge in [0.15, 0.2) is 0 Å². The minimum absolute atomic E-state index is 0. The van der Waals surface area contributed by atoms with Crippen LogP contribution in [-0.2, 0) is 52.6 Å². The molecule has 116 valence electrons. The SMILES string of the molecule is S=C([S-])NC1CCCCC1.S=C([S-])NC1CCCCC1.[Cd+2]. The van der Waals surface area contributed by atoms with Crippen LogP contribution in [0.25, 0.3) is 0 Å². The number of rotatable bonds is 2. The quantitative estimate of drug-likeness (QED) is 0.372. The van der Waals surface area contributed by atoms with E-state index in [1.54, 1.807) is 0 Å². The molecule has 0 unspecified atom stereocenters. The summed E-state index contributed by atoms with van der Waals surface area (Å²) in [7, 11) is 0. The second-order valence-corrected chi connectivity index (χ2v) is 7.68. The molecule has 0 spiro atoms. The van der Waals surface area contributed by atoms with Crippen LogP contribution in [0.15, 0.2) is 0 Å². The molecule has 0 bridgehead atoms. The molecule has 0 aliphatic heterocycles. The molecular formula is C14H24CdN2S4. The van der Waals surface area contributed by atoms with E-state index in [2.05, 4.69) is 10.6 Å². The normalized spacial score (nSPS) is 19.4. The summed E-state index contributed by atoms with van der Waals surface area (Å²) in [5.74, 6) is 0. The molecule has 0 heterocycles. The predicted molar refractivity (Wildman–Crippen MR) is 99.9 cm³/mol. The first-order chi connectivity index (χ1) is 9.58. The second kappa shape index (κ2) is 13.6. The number of hydrogen-bond donors (Lipinski definition) is 2. The van der Waals surface area contributed by atoms with Crippen LogP contribution in [0.5, 0.6) is 0 Å². The van der Waals surface area contributed by atoms with Crippen LogP contribution in [0.1, 0.15) is 64.2 Å². The van der Waals surface area contributed by atoms with E-state index < -0.39 is 0 Å². The topological polar surface area (TPSA) is 24.1 Å². The molecule has 0 aromatic heterocycles. The Morgan fingerprint density at radius 2 is 0.952 bits per heavy atom. The van der Waals surface area contributed by atoms with Crippen LogP contribution in [0, 0.1) is 0 Å². The third-order valence-electron chi connectivity index (χ3n) is 3.85. The van der Waals surface area contributed by atoms with Crippen molar-refractivity contribution in [2.24, 2.45) is 0 Å². The van der Waals surface area contributed by atoms with Gasteiger partial charge < -0.3 is 60.3 Å². The van der Waals surface area contributed by atoms with Crippen LogP contribution >= 0.6 is 24.4 Å². The molecule has 2 aliphatic carbocycles. The molecule has 2 saturated carbocycles. The summed E-state index contributed by atoms with van der Waals surface area (Å²) >= 11 is 19.1. The van der Waals surface area contributed by atoms with Crippen LogP contribution in [0.4, 0.5) is 0 Å². The van der Waals surface area contributed by atoms with E-state index in [4.69, 9.17) is 49.7 Å². The fraction of sp³-hybridized carbons (Fsp3) is 0.857. The molecule has 2 nitrogen and oxygen atoms in total. The Hall–Kier alpha value is 1.14. The van der Waals surface area contributed by atoms with Gasteiger partial charge in [-0.15, -0.1) is 0 Å². The summed E-state index contributed by atoms with van der Waals surface area (Å²) in [5.41, 5.74) is 0. The fourth-order valence-corrected chi connectivity index (χ4v) is 3.49. The molecule has 0 aromatic carbocycles. The van der Waals surface area contributed by atoms with Gasteiger partial charge in [-0.3, -0.25) is 0 Å². The Morgan fingerprint density at radius 3 is 1.19 bits per heavy atom. The van der Waals surface area contributed by atoms with E-state index in [-0.39, 0.29) is 27.3 Å². The summed E-state index contributed by atoms with van der Waals surface area (Å²) in [6.07, 6.45) is 13.1. The molecule has 0 aromatic rings. The minimum Gasteiger partial charge on any atom is -0.412 e. The maximum atomic E-state index is 4.78. The number of nitrogens with one attached hydrogen (secondary N) is 2. The fourth-order valence-electron chi connectivity index (χ4n) is 2.83. The van der Waals surface area contributed by atoms with Crippen LogP contribution in [0.2, 0.25) is 0 Å². The van der Waals surface area contributed by atoms with Gasteiger partial charge in [0.2, 0.25) is 0 Å². The van der Waals surface area contributed by atoms with Crippen molar-refractivity contribution in [2.45, 2.75) is 76.3 Å². The van der Waals surface area contributed by atoms with E-state index in [1.807, 2.05) is 0 Å². The summed E-state index contributed by atoms with van der Waals surface area (Å²) < 4.78 is 1.07. The summed E-state index contributed by atoms with van der Waals surface area (Å²) in [6.45, 7) is 0. The predicted octanol–water partition coefficient (Wildman–Crippen LogP) is 3.48. The van der Waals surface area contributed by atoms with Crippen LogP contribution < -0.4 is 10.6 Å². The summed E-state index contributed by atoms with van der Waals surface area (Å²) in [5, 5.41) is 6.26. The number of thiocarbonyl (C=S) groups is 2. The standard InChI is InChI=1S/2C7H13NS2.Cd/c2*9-7(10)8-6-4-2-1-3-5-6;/h2*6H,1-5H2,(H2,8,9,10);/q;;+2/p-2. The average molecular weight is 461 g/mol. The van der Waals surface area contributed by atoms with Crippen molar-refractivity contribution in [1.29, 1.82) is 0 Å². The van der Waals surface area contributed by atoms with Gasteiger partial charge in [0.25, 0.3) is 0 Å². The summed E-state index contributed by atoms with van der Waals surface area (Å²) in [6, 6.07) is 1.16. The second-order valence-electron chi connectivity index (χ2n) is 5.53. The smallest absolute Gasteiger partial charge is 0.412 e. The third-order valence-corrected chi connectivity index (χ3v) is 4.33. The zero-order valence-electron chi connectivity index (χ0n) is 12.6. The first-order valence-electron chi connectivity index (χ1n) is 7.53. The van der Waals surface area contributed by atoms with E-state index >= 15 is 0 Å². The van der Waals surface area contributed by atoms with Crippen LogP contribution in [-0.4, -0.2) is 20.7 Å². The molecule has 2 rings (SSSR count). The zero-order chi connectivity index (χ0) is 14.8. The molecule has 7 heteroatoms. The van der Waals surface area contributed by atoms with Gasteiger partial charge in [-0.25, -0.2) is 0 Å². The maximum absolute atomic E-state index is 4.78. The van der Waals surface area contributed by atoms with Gasteiger partial charge in [-0.05, 0) is 25.7 Å². The van der Waals surface area contributed by atoms with E-state index in [9.17, 15) is 0 Å². The van der Waals surface area contributed by atoms with Gasteiger partial charge in [0, 0.05) is 12.1 Å². The average Bonchev–Trinajstić information content (AvgIpc) is 2.40. The maximum Gasteiger partial charge on any atom is 2.00 e. The Kier molecular flexibility index (Phi) is 14.3. The molecule has 2 aliphatic rings. The first kappa shape index (κ1) is 22.1. The van der Waals surface area contributed by atoms with E-state index in [1.165, 1.54) is 64.2 Å². The molecule has 2 N–H and O–H groups in total. The van der Waals surface area contributed by atoms with Gasteiger partial charge in [0.1, 0.15) is 0 Å². The first-order valence-corrected chi connectivity index (χ1v) is 9.16. The Labute approximate surface area is 171 Å². The van der Waals surface area contributed by atoms with Gasteiger partial charge in [0.05, 0.1) is 0 Å². The van der Waals surface area contributed by atoms with Gasteiger partial charge in [-0.2, -0.15) is 0 Å². The molecule has 0 saturated heterocycles. The van der Waals surface area contributed by atoms with Crippen molar-refractivity contribution in [3.63, 3.8) is 0 Å². The van der Waals surface area contributed by atoms with Crippen LogP contribution in [0.3, 0.4) is 0 Å². The monoisotopic (exact) mass is 462 g/mol. The molecular weight excluding hydrogens is 437 g/mol. The van der Waals surface area contributed by atoms with Crippen molar-refractivity contribution in [2.75, 3.05) is 0 Å².